The third kappa shape index (κ3) is 3.05. The minimum absolute atomic E-state index is 0.108. The second kappa shape index (κ2) is 6.04. The summed E-state index contributed by atoms with van der Waals surface area (Å²) in [6, 6.07) is 2.34. The molecule has 2 aromatic heterocycles. The summed E-state index contributed by atoms with van der Waals surface area (Å²) in [5.74, 6) is 0.501. The van der Waals surface area contributed by atoms with Gasteiger partial charge in [0.15, 0.2) is 5.82 Å². The number of aromatic nitrogens is 5. The quantitative estimate of drug-likeness (QED) is 0.565. The van der Waals surface area contributed by atoms with Crippen molar-refractivity contribution in [1.82, 2.24) is 24.8 Å². The molecule has 9 nitrogen and oxygen atoms in total. The van der Waals surface area contributed by atoms with E-state index in [1.807, 2.05) is 0 Å². The SMILES string of the molecule is CCCCn1nnnc1Cn1cc([N+](=O)[O-])ccc1=O. The van der Waals surface area contributed by atoms with Gasteiger partial charge in [0.1, 0.15) is 0 Å². The summed E-state index contributed by atoms with van der Waals surface area (Å²) in [7, 11) is 0. The Labute approximate surface area is 114 Å². The van der Waals surface area contributed by atoms with Gasteiger partial charge in [-0.15, -0.1) is 5.10 Å². The van der Waals surface area contributed by atoms with Crippen LogP contribution < -0.4 is 5.56 Å². The zero-order valence-corrected chi connectivity index (χ0v) is 11.0. The molecular weight excluding hydrogens is 264 g/mol. The highest BCUT2D eigenvalue weighted by atomic mass is 16.6. The highest BCUT2D eigenvalue weighted by Gasteiger charge is 2.11. The van der Waals surface area contributed by atoms with Crippen molar-refractivity contribution in [3.05, 3.63) is 44.6 Å². The van der Waals surface area contributed by atoms with Crippen molar-refractivity contribution in [2.24, 2.45) is 0 Å². The van der Waals surface area contributed by atoms with Crippen LogP contribution in [0.15, 0.2) is 23.1 Å². The zero-order chi connectivity index (χ0) is 14.5. The van der Waals surface area contributed by atoms with Gasteiger partial charge in [-0.05, 0) is 16.8 Å². The van der Waals surface area contributed by atoms with E-state index < -0.39 is 4.92 Å². The van der Waals surface area contributed by atoms with E-state index in [9.17, 15) is 14.9 Å². The van der Waals surface area contributed by atoms with Crippen LogP contribution in [-0.4, -0.2) is 29.7 Å². The number of pyridine rings is 1. The highest BCUT2D eigenvalue weighted by Crippen LogP contribution is 2.07. The van der Waals surface area contributed by atoms with Crippen molar-refractivity contribution in [1.29, 1.82) is 0 Å². The molecule has 0 saturated carbocycles. The standard InChI is InChI=1S/C11H14N6O3/c1-2-3-6-16-10(12-13-14-16)8-15-7-9(17(19)20)4-5-11(15)18/h4-5,7H,2-3,6,8H2,1H3. The van der Waals surface area contributed by atoms with E-state index in [2.05, 4.69) is 22.4 Å². The molecule has 0 aliphatic heterocycles. The Hall–Kier alpha value is -2.58. The minimum Gasteiger partial charge on any atom is -0.301 e. The molecule has 0 aliphatic carbocycles. The van der Waals surface area contributed by atoms with Crippen molar-refractivity contribution in [3.63, 3.8) is 0 Å². The van der Waals surface area contributed by atoms with Crippen molar-refractivity contribution < 1.29 is 4.92 Å². The van der Waals surface area contributed by atoms with Crippen LogP contribution in [-0.2, 0) is 13.1 Å². The van der Waals surface area contributed by atoms with Gasteiger partial charge in [0.2, 0.25) is 0 Å². The monoisotopic (exact) mass is 278 g/mol. The zero-order valence-electron chi connectivity index (χ0n) is 11.0. The average Bonchev–Trinajstić information content (AvgIpc) is 2.86. The van der Waals surface area contributed by atoms with Crippen LogP contribution in [0.2, 0.25) is 0 Å². The first kappa shape index (κ1) is 13.8. The maximum atomic E-state index is 11.7. The molecular formula is C11H14N6O3. The van der Waals surface area contributed by atoms with Crippen LogP contribution in [0.1, 0.15) is 25.6 Å². The first-order chi connectivity index (χ1) is 9.61. The fraction of sp³-hybridized carbons (Fsp3) is 0.455. The molecule has 0 spiro atoms. The van der Waals surface area contributed by atoms with Crippen molar-refractivity contribution in [3.8, 4) is 0 Å². The molecule has 0 unspecified atom stereocenters. The fourth-order valence-electron chi connectivity index (χ4n) is 1.72. The van der Waals surface area contributed by atoms with Gasteiger partial charge < -0.3 is 4.57 Å². The largest absolute Gasteiger partial charge is 0.301 e. The van der Waals surface area contributed by atoms with Crippen molar-refractivity contribution >= 4 is 5.69 Å². The summed E-state index contributed by atoms with van der Waals surface area (Å²) in [6.45, 7) is 2.81. The number of hydrogen-bond acceptors (Lipinski definition) is 6. The Bertz CT molecular complexity index is 662. The molecule has 0 saturated heterocycles. The van der Waals surface area contributed by atoms with E-state index >= 15 is 0 Å². The average molecular weight is 278 g/mol. The Kier molecular flexibility index (Phi) is 4.18. The van der Waals surface area contributed by atoms with Crippen LogP contribution in [0.4, 0.5) is 5.69 Å². The Morgan fingerprint density at radius 3 is 2.90 bits per heavy atom. The molecule has 0 amide bonds. The lowest BCUT2D eigenvalue weighted by Crippen LogP contribution is -2.21. The third-order valence-electron chi connectivity index (χ3n) is 2.82. The number of rotatable bonds is 6. The predicted octanol–water partition coefficient (Wildman–Crippen LogP) is 0.591. The van der Waals surface area contributed by atoms with Gasteiger partial charge >= 0.3 is 0 Å². The van der Waals surface area contributed by atoms with Gasteiger partial charge in [-0.3, -0.25) is 14.9 Å². The van der Waals surface area contributed by atoms with Gasteiger partial charge in [-0.1, -0.05) is 13.3 Å². The molecule has 2 heterocycles. The lowest BCUT2D eigenvalue weighted by atomic mass is 10.3. The number of hydrogen-bond donors (Lipinski definition) is 0. The summed E-state index contributed by atoms with van der Waals surface area (Å²) in [4.78, 5) is 21.9. The summed E-state index contributed by atoms with van der Waals surface area (Å²) in [5.41, 5.74) is -0.474. The second-order valence-corrected chi connectivity index (χ2v) is 4.28. The van der Waals surface area contributed by atoms with E-state index in [4.69, 9.17) is 0 Å². The van der Waals surface area contributed by atoms with E-state index in [0.29, 0.717) is 12.4 Å². The van der Waals surface area contributed by atoms with Gasteiger partial charge in [-0.2, -0.15) is 0 Å². The molecule has 0 aromatic carbocycles. The number of nitro groups is 1. The topological polar surface area (TPSA) is 109 Å². The lowest BCUT2D eigenvalue weighted by Gasteiger charge is -2.06. The molecule has 106 valence electrons. The van der Waals surface area contributed by atoms with E-state index in [1.54, 1.807) is 4.68 Å². The summed E-state index contributed by atoms with van der Waals surface area (Å²) >= 11 is 0. The molecule has 0 bridgehead atoms. The molecule has 0 radical (unpaired) electrons. The molecule has 0 atom stereocenters. The summed E-state index contributed by atoms with van der Waals surface area (Å²) in [5, 5.41) is 22.0. The van der Waals surface area contributed by atoms with E-state index in [1.165, 1.54) is 16.8 Å². The normalized spacial score (nSPS) is 10.7. The molecule has 2 aromatic rings. The van der Waals surface area contributed by atoms with Gasteiger partial charge in [-0.25, -0.2) is 4.68 Å². The first-order valence-electron chi connectivity index (χ1n) is 6.21. The summed E-state index contributed by atoms with van der Waals surface area (Å²) < 4.78 is 2.83. The van der Waals surface area contributed by atoms with Gasteiger partial charge in [0.25, 0.3) is 11.2 Å². The van der Waals surface area contributed by atoms with Crippen molar-refractivity contribution in [2.45, 2.75) is 32.9 Å². The van der Waals surface area contributed by atoms with Crippen LogP contribution in [0.5, 0.6) is 0 Å². The van der Waals surface area contributed by atoms with Crippen LogP contribution in [0.25, 0.3) is 0 Å². The third-order valence-corrected chi connectivity index (χ3v) is 2.82. The highest BCUT2D eigenvalue weighted by molar-refractivity contribution is 5.25. The second-order valence-electron chi connectivity index (χ2n) is 4.28. The maximum absolute atomic E-state index is 11.7. The van der Waals surface area contributed by atoms with E-state index in [0.717, 1.165) is 18.9 Å². The molecule has 0 N–H and O–H groups in total. The van der Waals surface area contributed by atoms with Gasteiger partial charge in [0.05, 0.1) is 17.7 Å². The Morgan fingerprint density at radius 1 is 1.40 bits per heavy atom. The first-order valence-corrected chi connectivity index (χ1v) is 6.21. The maximum Gasteiger partial charge on any atom is 0.285 e. The lowest BCUT2D eigenvalue weighted by molar-refractivity contribution is -0.385. The van der Waals surface area contributed by atoms with Crippen molar-refractivity contribution in [2.75, 3.05) is 0 Å². The smallest absolute Gasteiger partial charge is 0.285 e. The molecule has 2 rings (SSSR count). The number of tetrazole rings is 1. The Balaban J connectivity index is 2.26. The predicted molar refractivity (Wildman–Crippen MR) is 69.2 cm³/mol. The van der Waals surface area contributed by atoms with E-state index in [-0.39, 0.29) is 17.8 Å². The number of unbranched alkanes of at least 4 members (excludes halogenated alkanes) is 1. The Morgan fingerprint density at radius 2 is 2.20 bits per heavy atom. The van der Waals surface area contributed by atoms with Crippen LogP contribution in [0, 0.1) is 10.1 Å². The minimum atomic E-state index is -0.546. The summed E-state index contributed by atoms with van der Waals surface area (Å²) in [6.07, 6.45) is 3.11. The molecule has 9 heteroatoms. The van der Waals surface area contributed by atoms with Crippen LogP contribution in [0.3, 0.4) is 0 Å². The van der Waals surface area contributed by atoms with Crippen LogP contribution >= 0.6 is 0 Å². The van der Waals surface area contributed by atoms with Gasteiger partial charge in [0, 0.05) is 18.7 Å². The fourth-order valence-corrected chi connectivity index (χ4v) is 1.72. The molecule has 20 heavy (non-hydrogen) atoms. The molecule has 0 fully saturated rings. The molecule has 0 aliphatic rings. The number of nitrogens with zero attached hydrogens (tertiary/aromatic N) is 6. The number of aryl methyl sites for hydroxylation is 1.